The Labute approximate surface area is 111 Å². The molecule has 1 aromatic rings. The van der Waals surface area contributed by atoms with Crippen molar-refractivity contribution >= 4 is 23.9 Å². The fourth-order valence-electron chi connectivity index (χ4n) is 1.42. The van der Waals surface area contributed by atoms with E-state index in [0.29, 0.717) is 29.9 Å². The third kappa shape index (κ3) is 4.04. The maximum Gasteiger partial charge on any atom is 0.311 e. The Morgan fingerprint density at radius 1 is 1.39 bits per heavy atom. The number of alkyl halides is 1. The van der Waals surface area contributed by atoms with Crippen LogP contribution in [0.5, 0.6) is 11.5 Å². The predicted octanol–water partition coefficient (Wildman–Crippen LogP) is 2.82. The molecule has 0 amide bonds. The van der Waals surface area contributed by atoms with Crippen molar-refractivity contribution in [2.75, 3.05) is 13.0 Å². The molecular formula is C13H15ClO4. The highest BCUT2D eigenvalue weighted by atomic mass is 35.5. The molecule has 1 aromatic carbocycles. The van der Waals surface area contributed by atoms with Gasteiger partial charge in [0.05, 0.1) is 12.7 Å². The van der Waals surface area contributed by atoms with Gasteiger partial charge in [0.15, 0.2) is 17.8 Å². The van der Waals surface area contributed by atoms with Crippen molar-refractivity contribution in [2.45, 2.75) is 19.3 Å². The summed E-state index contributed by atoms with van der Waals surface area (Å²) >= 11 is 5.52. The SMILES string of the molecule is COc1cccc(C=O)c1OC(=O)CCCCCl. The van der Waals surface area contributed by atoms with E-state index in [2.05, 4.69) is 0 Å². The zero-order valence-corrected chi connectivity index (χ0v) is 10.9. The van der Waals surface area contributed by atoms with Crippen molar-refractivity contribution in [1.82, 2.24) is 0 Å². The molecule has 0 fully saturated rings. The first kappa shape index (κ1) is 14.5. The van der Waals surface area contributed by atoms with Crippen LogP contribution < -0.4 is 9.47 Å². The number of aldehydes is 1. The molecule has 98 valence electrons. The Balaban J connectivity index is 2.75. The van der Waals surface area contributed by atoms with Gasteiger partial charge in [-0.2, -0.15) is 0 Å². The second-order valence-electron chi connectivity index (χ2n) is 3.62. The van der Waals surface area contributed by atoms with Gasteiger partial charge in [-0.3, -0.25) is 9.59 Å². The average Bonchev–Trinajstić information content (AvgIpc) is 2.39. The number of halogens is 1. The highest BCUT2D eigenvalue weighted by molar-refractivity contribution is 6.17. The number of benzene rings is 1. The van der Waals surface area contributed by atoms with Gasteiger partial charge < -0.3 is 9.47 Å². The Kier molecular flexibility index (Phi) is 6.22. The Morgan fingerprint density at radius 2 is 2.17 bits per heavy atom. The number of hydrogen-bond acceptors (Lipinski definition) is 4. The van der Waals surface area contributed by atoms with Crippen molar-refractivity contribution in [2.24, 2.45) is 0 Å². The fourth-order valence-corrected chi connectivity index (χ4v) is 1.61. The third-order valence-electron chi connectivity index (χ3n) is 2.34. The van der Waals surface area contributed by atoms with E-state index in [-0.39, 0.29) is 12.2 Å². The van der Waals surface area contributed by atoms with Crippen LogP contribution in [0, 0.1) is 0 Å². The summed E-state index contributed by atoms with van der Waals surface area (Å²) in [5.41, 5.74) is 0.292. The summed E-state index contributed by atoms with van der Waals surface area (Å²) in [7, 11) is 1.45. The van der Waals surface area contributed by atoms with Crippen LogP contribution >= 0.6 is 11.6 Å². The molecule has 5 heteroatoms. The lowest BCUT2D eigenvalue weighted by Crippen LogP contribution is -2.10. The predicted molar refractivity (Wildman–Crippen MR) is 68.6 cm³/mol. The van der Waals surface area contributed by atoms with Crippen molar-refractivity contribution in [3.63, 3.8) is 0 Å². The van der Waals surface area contributed by atoms with Crippen molar-refractivity contribution in [3.8, 4) is 11.5 Å². The molecule has 0 aliphatic rings. The first-order valence-electron chi connectivity index (χ1n) is 5.61. The summed E-state index contributed by atoms with van der Waals surface area (Å²) in [5.74, 6) is 0.658. The summed E-state index contributed by atoms with van der Waals surface area (Å²) in [6.07, 6.45) is 2.31. The van der Waals surface area contributed by atoms with E-state index >= 15 is 0 Å². The number of unbranched alkanes of at least 4 members (excludes halogenated alkanes) is 1. The van der Waals surface area contributed by atoms with Crippen LogP contribution in [0.15, 0.2) is 18.2 Å². The monoisotopic (exact) mass is 270 g/mol. The van der Waals surface area contributed by atoms with Crippen molar-refractivity contribution < 1.29 is 19.1 Å². The molecule has 0 aliphatic heterocycles. The Morgan fingerprint density at radius 3 is 2.78 bits per heavy atom. The molecule has 0 atom stereocenters. The van der Waals surface area contributed by atoms with Crippen LogP contribution in [0.3, 0.4) is 0 Å². The van der Waals surface area contributed by atoms with Gasteiger partial charge in [-0.25, -0.2) is 0 Å². The van der Waals surface area contributed by atoms with Crippen LogP contribution in [0.1, 0.15) is 29.6 Å². The minimum atomic E-state index is -0.396. The van der Waals surface area contributed by atoms with Crippen molar-refractivity contribution in [1.29, 1.82) is 0 Å². The lowest BCUT2D eigenvalue weighted by Gasteiger charge is -2.10. The first-order chi connectivity index (χ1) is 8.72. The smallest absolute Gasteiger partial charge is 0.311 e. The number of methoxy groups -OCH3 is 1. The van der Waals surface area contributed by atoms with E-state index in [1.165, 1.54) is 7.11 Å². The zero-order chi connectivity index (χ0) is 13.4. The number of ether oxygens (including phenoxy) is 2. The molecule has 0 aliphatic carbocycles. The van der Waals surface area contributed by atoms with Crippen molar-refractivity contribution in [3.05, 3.63) is 23.8 Å². The molecule has 0 aromatic heterocycles. The van der Waals surface area contributed by atoms with Gasteiger partial charge in [-0.15, -0.1) is 11.6 Å². The molecule has 4 nitrogen and oxygen atoms in total. The van der Waals surface area contributed by atoms with E-state index in [4.69, 9.17) is 21.1 Å². The molecule has 0 saturated heterocycles. The van der Waals surface area contributed by atoms with Crippen LogP contribution in [-0.4, -0.2) is 25.2 Å². The molecule has 0 bridgehead atoms. The molecule has 0 saturated carbocycles. The number of carbonyl (C=O) groups excluding carboxylic acids is 2. The molecular weight excluding hydrogens is 256 g/mol. The van der Waals surface area contributed by atoms with Crippen LogP contribution in [0.25, 0.3) is 0 Å². The molecule has 18 heavy (non-hydrogen) atoms. The highest BCUT2D eigenvalue weighted by Crippen LogP contribution is 2.30. The topological polar surface area (TPSA) is 52.6 Å². The number of rotatable bonds is 7. The minimum absolute atomic E-state index is 0.172. The number of esters is 1. The van der Waals surface area contributed by atoms with Gasteiger partial charge in [0, 0.05) is 12.3 Å². The summed E-state index contributed by atoms with van der Waals surface area (Å²) in [4.78, 5) is 22.5. The van der Waals surface area contributed by atoms with Crippen LogP contribution in [0.4, 0.5) is 0 Å². The van der Waals surface area contributed by atoms with E-state index in [9.17, 15) is 9.59 Å². The summed E-state index contributed by atoms with van der Waals surface area (Å²) in [6, 6.07) is 4.86. The van der Waals surface area contributed by atoms with Gasteiger partial charge in [-0.1, -0.05) is 6.07 Å². The second kappa shape index (κ2) is 7.71. The van der Waals surface area contributed by atoms with E-state index in [1.807, 2.05) is 0 Å². The molecule has 1 rings (SSSR count). The van der Waals surface area contributed by atoms with Crippen LogP contribution in [-0.2, 0) is 4.79 Å². The molecule has 0 radical (unpaired) electrons. The zero-order valence-electron chi connectivity index (χ0n) is 10.1. The lowest BCUT2D eigenvalue weighted by molar-refractivity contribution is -0.134. The van der Waals surface area contributed by atoms with Gasteiger partial charge in [-0.05, 0) is 25.0 Å². The third-order valence-corrected chi connectivity index (χ3v) is 2.60. The maximum absolute atomic E-state index is 11.6. The van der Waals surface area contributed by atoms with E-state index in [0.717, 1.165) is 6.42 Å². The van der Waals surface area contributed by atoms with Gasteiger partial charge in [0.1, 0.15) is 0 Å². The summed E-state index contributed by atoms with van der Waals surface area (Å²) in [6.45, 7) is 0. The average molecular weight is 271 g/mol. The molecule has 0 N–H and O–H groups in total. The van der Waals surface area contributed by atoms with Gasteiger partial charge in [0.2, 0.25) is 0 Å². The van der Waals surface area contributed by atoms with E-state index < -0.39 is 5.97 Å². The quantitative estimate of drug-likeness (QED) is 0.251. The second-order valence-corrected chi connectivity index (χ2v) is 3.99. The standard InChI is InChI=1S/C13H15ClO4/c1-17-11-6-4-5-10(9-15)13(11)18-12(16)7-2-3-8-14/h4-6,9H,2-3,7-8H2,1H3. The molecule has 0 spiro atoms. The summed E-state index contributed by atoms with van der Waals surface area (Å²) in [5, 5.41) is 0. The molecule has 0 heterocycles. The normalized spacial score (nSPS) is 9.89. The summed E-state index contributed by atoms with van der Waals surface area (Å²) < 4.78 is 10.2. The maximum atomic E-state index is 11.6. The highest BCUT2D eigenvalue weighted by Gasteiger charge is 2.14. The Bertz CT molecular complexity index is 417. The van der Waals surface area contributed by atoms with Crippen LogP contribution in [0.2, 0.25) is 0 Å². The number of carbonyl (C=O) groups is 2. The Hall–Kier alpha value is -1.55. The number of para-hydroxylation sites is 1. The lowest BCUT2D eigenvalue weighted by atomic mass is 10.2. The van der Waals surface area contributed by atoms with Gasteiger partial charge in [0.25, 0.3) is 0 Å². The largest absolute Gasteiger partial charge is 0.493 e. The molecule has 0 unspecified atom stereocenters. The minimum Gasteiger partial charge on any atom is -0.493 e. The van der Waals surface area contributed by atoms with Gasteiger partial charge >= 0.3 is 5.97 Å². The number of hydrogen-bond donors (Lipinski definition) is 0. The first-order valence-corrected chi connectivity index (χ1v) is 6.15. The fraction of sp³-hybridized carbons (Fsp3) is 0.385. The van der Waals surface area contributed by atoms with E-state index in [1.54, 1.807) is 18.2 Å².